The topological polar surface area (TPSA) is 103 Å². The highest BCUT2D eigenvalue weighted by molar-refractivity contribution is 5.98. The van der Waals surface area contributed by atoms with Gasteiger partial charge in [0.05, 0.1) is 22.3 Å². The van der Waals surface area contributed by atoms with Crippen molar-refractivity contribution in [1.29, 1.82) is 5.26 Å². The highest BCUT2D eigenvalue weighted by Crippen LogP contribution is 2.37. The zero-order valence-electron chi connectivity index (χ0n) is 25.9. The molecule has 0 bridgehead atoms. The van der Waals surface area contributed by atoms with Crippen LogP contribution in [0.1, 0.15) is 67.6 Å². The number of benzene rings is 2. The predicted molar refractivity (Wildman–Crippen MR) is 173 cm³/mol. The van der Waals surface area contributed by atoms with E-state index in [2.05, 4.69) is 72.5 Å². The molecule has 220 valence electrons. The van der Waals surface area contributed by atoms with Gasteiger partial charge in [-0.15, -0.1) is 0 Å². The number of aryl methyl sites for hydroxylation is 3. The molecule has 0 radical (unpaired) electrons. The second kappa shape index (κ2) is 11.3. The van der Waals surface area contributed by atoms with Crippen LogP contribution >= 0.6 is 0 Å². The summed E-state index contributed by atoms with van der Waals surface area (Å²) in [6.45, 7) is 14.4. The van der Waals surface area contributed by atoms with Crippen molar-refractivity contribution in [1.82, 2.24) is 20.3 Å². The Balaban J connectivity index is 1.28. The zero-order valence-corrected chi connectivity index (χ0v) is 25.9. The lowest BCUT2D eigenvalue weighted by molar-refractivity contribution is 0.317. The van der Waals surface area contributed by atoms with Crippen molar-refractivity contribution in [3.8, 4) is 6.07 Å². The Morgan fingerprint density at radius 3 is 2.47 bits per heavy atom. The largest absolute Gasteiger partial charge is 0.443 e. The first-order valence-electron chi connectivity index (χ1n) is 15.0. The van der Waals surface area contributed by atoms with E-state index >= 15 is 0 Å². The summed E-state index contributed by atoms with van der Waals surface area (Å²) in [5.41, 5.74) is 7.17. The molecule has 4 heterocycles. The molecule has 2 aromatic carbocycles. The van der Waals surface area contributed by atoms with Gasteiger partial charge in [0.1, 0.15) is 23.2 Å². The summed E-state index contributed by atoms with van der Waals surface area (Å²) in [5.74, 6) is 2.15. The Morgan fingerprint density at radius 2 is 1.74 bits per heavy atom. The highest BCUT2D eigenvalue weighted by Gasteiger charge is 2.27. The molecular formula is C35H39N7O. The van der Waals surface area contributed by atoms with Crippen LogP contribution in [0.3, 0.4) is 0 Å². The molecule has 1 aliphatic rings. The van der Waals surface area contributed by atoms with E-state index in [1.807, 2.05) is 44.2 Å². The van der Waals surface area contributed by atoms with Crippen molar-refractivity contribution in [3.63, 3.8) is 0 Å². The van der Waals surface area contributed by atoms with Crippen LogP contribution in [0.15, 0.2) is 52.9 Å². The van der Waals surface area contributed by atoms with Gasteiger partial charge in [-0.3, -0.25) is 0 Å². The molecule has 5 aromatic rings. The molecule has 8 heteroatoms. The second-order valence-electron chi connectivity index (χ2n) is 12.7. The Kier molecular flexibility index (Phi) is 7.53. The smallest absolute Gasteiger partial charge is 0.229 e. The second-order valence-corrected chi connectivity index (χ2v) is 12.7. The van der Waals surface area contributed by atoms with Crippen molar-refractivity contribution in [2.75, 3.05) is 23.3 Å². The van der Waals surface area contributed by atoms with Crippen LogP contribution in [0.25, 0.3) is 22.0 Å². The first-order chi connectivity index (χ1) is 20.6. The summed E-state index contributed by atoms with van der Waals surface area (Å²) < 4.78 is 5.77. The Morgan fingerprint density at radius 1 is 0.977 bits per heavy atom. The standard InChI is InChI=1S/C35H39N7O/c1-21-17-26(12-11-24(21)19-31-37-23(3)28-18-22(2)43-34(28)40-31)38-33-29(20-36)32(27-9-7-8-10-30(27)39-33)42-15-13-25(14-16-42)41-35(4,5)6/h7-12,17-18,25,41H,13-16,19H2,1-6H3,(H,38,39). The first kappa shape index (κ1) is 28.6. The fourth-order valence-corrected chi connectivity index (χ4v) is 6.18. The van der Waals surface area contributed by atoms with Crippen LogP contribution in [-0.2, 0) is 6.42 Å². The number of para-hydroxylation sites is 1. The fraction of sp³-hybridized carbons (Fsp3) is 0.371. The van der Waals surface area contributed by atoms with Gasteiger partial charge in [-0.1, -0.05) is 24.3 Å². The number of aromatic nitrogens is 3. The van der Waals surface area contributed by atoms with Crippen LogP contribution in [0.4, 0.5) is 17.2 Å². The predicted octanol–water partition coefficient (Wildman–Crippen LogP) is 7.26. The number of furan rings is 1. The summed E-state index contributed by atoms with van der Waals surface area (Å²) in [6.07, 6.45) is 2.65. The van der Waals surface area contributed by atoms with E-state index in [1.165, 1.54) is 0 Å². The molecule has 3 aromatic heterocycles. The van der Waals surface area contributed by atoms with Crippen molar-refractivity contribution < 1.29 is 4.42 Å². The number of hydrogen-bond donors (Lipinski definition) is 2. The van der Waals surface area contributed by atoms with E-state index in [9.17, 15) is 5.26 Å². The maximum atomic E-state index is 10.4. The van der Waals surface area contributed by atoms with E-state index in [0.717, 1.165) is 82.0 Å². The third-order valence-electron chi connectivity index (χ3n) is 8.13. The maximum absolute atomic E-state index is 10.4. The lowest BCUT2D eigenvalue weighted by Crippen LogP contribution is -2.49. The van der Waals surface area contributed by atoms with Gasteiger partial charge in [0, 0.05) is 42.2 Å². The quantitative estimate of drug-likeness (QED) is 0.219. The van der Waals surface area contributed by atoms with E-state index < -0.39 is 0 Å². The molecule has 8 nitrogen and oxygen atoms in total. The first-order valence-corrected chi connectivity index (χ1v) is 15.0. The van der Waals surface area contributed by atoms with Crippen LogP contribution < -0.4 is 15.5 Å². The maximum Gasteiger partial charge on any atom is 0.229 e. The number of anilines is 3. The molecule has 0 unspecified atom stereocenters. The third-order valence-corrected chi connectivity index (χ3v) is 8.13. The van der Waals surface area contributed by atoms with Gasteiger partial charge in [0.2, 0.25) is 5.71 Å². The number of pyridine rings is 1. The average molecular weight is 574 g/mol. The normalized spacial score (nSPS) is 14.4. The molecule has 2 N–H and O–H groups in total. The van der Waals surface area contributed by atoms with Crippen LogP contribution in [-0.4, -0.2) is 39.6 Å². The monoisotopic (exact) mass is 573 g/mol. The highest BCUT2D eigenvalue weighted by atomic mass is 16.3. The molecule has 0 amide bonds. The Hall–Kier alpha value is -4.48. The van der Waals surface area contributed by atoms with Gasteiger partial charge in [0.15, 0.2) is 5.82 Å². The van der Waals surface area contributed by atoms with Gasteiger partial charge >= 0.3 is 0 Å². The van der Waals surface area contributed by atoms with Crippen molar-refractivity contribution in [2.45, 2.75) is 72.4 Å². The minimum Gasteiger partial charge on any atom is -0.443 e. The summed E-state index contributed by atoms with van der Waals surface area (Å²) in [5, 5.41) is 19.6. The number of nitrogens with one attached hydrogen (secondary N) is 2. The summed E-state index contributed by atoms with van der Waals surface area (Å²) in [7, 11) is 0. The van der Waals surface area contributed by atoms with Gasteiger partial charge in [0.25, 0.3) is 0 Å². The molecule has 0 saturated carbocycles. The van der Waals surface area contributed by atoms with Gasteiger partial charge in [-0.2, -0.15) is 10.2 Å². The number of rotatable bonds is 6. The van der Waals surface area contributed by atoms with E-state index in [0.29, 0.717) is 29.6 Å². The lowest BCUT2D eigenvalue weighted by atomic mass is 9.98. The van der Waals surface area contributed by atoms with Crippen molar-refractivity contribution in [2.24, 2.45) is 0 Å². The molecule has 1 saturated heterocycles. The van der Waals surface area contributed by atoms with Crippen molar-refractivity contribution >= 4 is 39.2 Å². The van der Waals surface area contributed by atoms with E-state index in [4.69, 9.17) is 14.4 Å². The summed E-state index contributed by atoms with van der Waals surface area (Å²) >= 11 is 0. The number of fused-ring (bicyclic) bond motifs is 2. The van der Waals surface area contributed by atoms with E-state index in [1.54, 1.807) is 0 Å². The molecular weight excluding hydrogens is 534 g/mol. The number of piperidine rings is 1. The zero-order chi connectivity index (χ0) is 30.3. The molecule has 6 rings (SSSR count). The van der Waals surface area contributed by atoms with Crippen LogP contribution in [0.2, 0.25) is 0 Å². The Labute approximate surface area is 253 Å². The number of nitriles is 1. The molecule has 0 aliphatic carbocycles. The molecule has 1 fully saturated rings. The average Bonchev–Trinajstić information content (AvgIpc) is 3.34. The number of nitrogens with zero attached hydrogens (tertiary/aromatic N) is 5. The lowest BCUT2D eigenvalue weighted by Gasteiger charge is -2.38. The fourth-order valence-electron chi connectivity index (χ4n) is 6.18. The summed E-state index contributed by atoms with van der Waals surface area (Å²) in [4.78, 5) is 16.7. The molecule has 43 heavy (non-hydrogen) atoms. The van der Waals surface area contributed by atoms with E-state index in [-0.39, 0.29) is 5.54 Å². The molecule has 1 aliphatic heterocycles. The van der Waals surface area contributed by atoms with Gasteiger partial charge in [-0.25, -0.2) is 9.97 Å². The molecule has 0 atom stereocenters. The van der Waals surface area contributed by atoms with Gasteiger partial charge < -0.3 is 20.0 Å². The minimum atomic E-state index is 0.0802. The molecule has 0 spiro atoms. The SMILES string of the molecule is Cc1cc2c(C)nc(Cc3ccc(Nc4nc5ccccc5c(N5CCC(NC(C)(C)C)CC5)c4C#N)cc3C)nc2o1. The number of hydrogen-bond acceptors (Lipinski definition) is 8. The minimum absolute atomic E-state index is 0.0802. The van der Waals surface area contributed by atoms with Crippen molar-refractivity contribution in [3.05, 3.63) is 82.5 Å². The van der Waals surface area contributed by atoms with Crippen LogP contribution in [0.5, 0.6) is 0 Å². The van der Waals surface area contributed by atoms with Gasteiger partial charge in [-0.05, 0) is 89.8 Å². The Bertz CT molecular complexity index is 1850. The van der Waals surface area contributed by atoms with Crippen LogP contribution in [0, 0.1) is 32.1 Å². The third kappa shape index (κ3) is 6.04. The summed E-state index contributed by atoms with van der Waals surface area (Å²) in [6, 6.07) is 19.3.